The van der Waals surface area contributed by atoms with Gasteiger partial charge in [0.1, 0.15) is 12.4 Å². The molecule has 1 unspecified atom stereocenters. The van der Waals surface area contributed by atoms with Crippen molar-refractivity contribution in [2.45, 2.75) is 50.0 Å². The standard InChI is InChI=1S/C19H26O6/c20-16-11-17-15(10-18(21)25-17)14(16)6-7-19(23-8-9-24-19)12-22-13-4-2-1-3-5-13/h1-5,14-18,20-21H,6-12H2/t14-,15-,16-,17+,18?/m1/s1. The van der Waals surface area contributed by atoms with E-state index in [4.69, 9.17) is 18.9 Å². The molecule has 2 aliphatic heterocycles. The quantitative estimate of drug-likeness (QED) is 0.813. The minimum Gasteiger partial charge on any atom is -0.488 e. The van der Waals surface area contributed by atoms with Crippen molar-refractivity contribution >= 4 is 0 Å². The Morgan fingerprint density at radius 3 is 2.60 bits per heavy atom. The first-order chi connectivity index (χ1) is 12.2. The predicted molar refractivity (Wildman–Crippen MR) is 88.9 cm³/mol. The summed E-state index contributed by atoms with van der Waals surface area (Å²) in [6.07, 6.45) is 1.49. The summed E-state index contributed by atoms with van der Waals surface area (Å²) in [5.41, 5.74) is 0. The molecule has 6 heteroatoms. The van der Waals surface area contributed by atoms with Crippen molar-refractivity contribution in [3.05, 3.63) is 30.3 Å². The number of hydrogen-bond acceptors (Lipinski definition) is 6. The molecule has 4 rings (SSSR count). The molecule has 2 saturated heterocycles. The maximum absolute atomic E-state index is 10.4. The van der Waals surface area contributed by atoms with Crippen LogP contribution in [0.2, 0.25) is 0 Å². The molecule has 3 fully saturated rings. The number of para-hydroxylation sites is 1. The minimum atomic E-state index is -0.758. The van der Waals surface area contributed by atoms with Gasteiger partial charge in [0.15, 0.2) is 6.29 Å². The Morgan fingerprint density at radius 2 is 1.84 bits per heavy atom. The maximum Gasteiger partial charge on any atom is 0.203 e. The van der Waals surface area contributed by atoms with E-state index >= 15 is 0 Å². The van der Waals surface area contributed by atoms with Crippen LogP contribution in [0.1, 0.15) is 25.7 Å². The number of benzene rings is 1. The van der Waals surface area contributed by atoms with Gasteiger partial charge in [0.25, 0.3) is 0 Å². The summed E-state index contributed by atoms with van der Waals surface area (Å²) in [4.78, 5) is 0. The third-order valence-corrected chi connectivity index (χ3v) is 5.68. The lowest BCUT2D eigenvalue weighted by Gasteiger charge is -2.30. The zero-order valence-electron chi connectivity index (χ0n) is 14.3. The smallest absolute Gasteiger partial charge is 0.203 e. The fraction of sp³-hybridized carbons (Fsp3) is 0.684. The van der Waals surface area contributed by atoms with E-state index in [2.05, 4.69) is 0 Å². The number of aliphatic hydroxyl groups is 2. The van der Waals surface area contributed by atoms with E-state index in [1.54, 1.807) is 0 Å². The van der Waals surface area contributed by atoms with E-state index in [0.29, 0.717) is 39.1 Å². The highest BCUT2D eigenvalue weighted by Gasteiger charge is 2.49. The van der Waals surface area contributed by atoms with E-state index in [1.807, 2.05) is 30.3 Å². The van der Waals surface area contributed by atoms with E-state index in [9.17, 15) is 10.2 Å². The monoisotopic (exact) mass is 350 g/mol. The summed E-state index contributed by atoms with van der Waals surface area (Å²) in [6, 6.07) is 9.62. The summed E-state index contributed by atoms with van der Waals surface area (Å²) >= 11 is 0. The lowest BCUT2D eigenvalue weighted by Crippen LogP contribution is -2.38. The fourth-order valence-electron chi connectivity index (χ4n) is 4.42. The van der Waals surface area contributed by atoms with Crippen LogP contribution in [0.15, 0.2) is 30.3 Å². The predicted octanol–water partition coefficient (Wildman–Crippen LogP) is 1.69. The molecule has 138 valence electrons. The SMILES string of the molecule is OC1C[C@@H]2[C@@H](CCC3(COc4ccccc4)OCCO3)[C@H](O)C[C@@H]2O1. The van der Waals surface area contributed by atoms with Crippen LogP contribution in [-0.4, -0.2) is 54.3 Å². The Hall–Kier alpha value is -1.18. The second kappa shape index (κ2) is 7.21. The van der Waals surface area contributed by atoms with Gasteiger partial charge in [0, 0.05) is 19.3 Å². The zero-order valence-corrected chi connectivity index (χ0v) is 14.3. The van der Waals surface area contributed by atoms with Crippen molar-refractivity contribution < 1.29 is 29.2 Å². The highest BCUT2D eigenvalue weighted by Crippen LogP contribution is 2.45. The summed E-state index contributed by atoms with van der Waals surface area (Å²) in [5, 5.41) is 20.1. The lowest BCUT2D eigenvalue weighted by molar-refractivity contribution is -0.185. The van der Waals surface area contributed by atoms with Gasteiger partial charge in [-0.2, -0.15) is 0 Å². The van der Waals surface area contributed by atoms with E-state index in [0.717, 1.165) is 12.2 Å². The van der Waals surface area contributed by atoms with Crippen molar-refractivity contribution in [3.8, 4) is 5.75 Å². The largest absolute Gasteiger partial charge is 0.488 e. The first-order valence-corrected chi connectivity index (χ1v) is 9.13. The van der Waals surface area contributed by atoms with Crippen LogP contribution in [0.5, 0.6) is 5.75 Å². The number of aliphatic hydroxyl groups excluding tert-OH is 2. The molecule has 25 heavy (non-hydrogen) atoms. The van der Waals surface area contributed by atoms with Crippen molar-refractivity contribution in [1.29, 1.82) is 0 Å². The van der Waals surface area contributed by atoms with Gasteiger partial charge in [-0.15, -0.1) is 0 Å². The molecule has 2 N–H and O–H groups in total. The average molecular weight is 350 g/mol. The molecule has 0 bridgehead atoms. The Morgan fingerprint density at radius 1 is 1.08 bits per heavy atom. The first-order valence-electron chi connectivity index (χ1n) is 9.13. The number of fused-ring (bicyclic) bond motifs is 1. The zero-order chi connectivity index (χ0) is 17.3. The summed E-state index contributed by atoms with van der Waals surface area (Å²) in [5.74, 6) is 0.336. The molecule has 2 heterocycles. The summed E-state index contributed by atoms with van der Waals surface area (Å²) in [7, 11) is 0. The van der Waals surface area contributed by atoms with Crippen molar-refractivity contribution in [1.82, 2.24) is 0 Å². The molecule has 1 aromatic carbocycles. The van der Waals surface area contributed by atoms with Crippen LogP contribution in [0, 0.1) is 11.8 Å². The van der Waals surface area contributed by atoms with Crippen molar-refractivity contribution in [2.75, 3.05) is 19.8 Å². The number of ether oxygens (including phenoxy) is 4. The van der Waals surface area contributed by atoms with Crippen molar-refractivity contribution in [2.24, 2.45) is 11.8 Å². The summed E-state index contributed by atoms with van der Waals surface area (Å²) in [6.45, 7) is 1.44. The molecule has 1 aliphatic carbocycles. The van der Waals surface area contributed by atoms with Gasteiger partial charge in [-0.25, -0.2) is 0 Å². The molecule has 3 aliphatic rings. The molecule has 0 aromatic heterocycles. The van der Waals surface area contributed by atoms with E-state index in [1.165, 1.54) is 0 Å². The molecular weight excluding hydrogens is 324 g/mol. The fourth-order valence-corrected chi connectivity index (χ4v) is 4.42. The van der Waals surface area contributed by atoms with Crippen LogP contribution in [0.25, 0.3) is 0 Å². The van der Waals surface area contributed by atoms with E-state index < -0.39 is 18.2 Å². The molecule has 0 radical (unpaired) electrons. The van der Waals surface area contributed by atoms with Gasteiger partial charge in [0.05, 0.1) is 25.4 Å². The van der Waals surface area contributed by atoms with Crippen LogP contribution < -0.4 is 4.74 Å². The number of rotatable bonds is 6. The third kappa shape index (κ3) is 3.68. The van der Waals surface area contributed by atoms with Gasteiger partial charge in [-0.3, -0.25) is 0 Å². The van der Waals surface area contributed by atoms with Crippen LogP contribution in [0.3, 0.4) is 0 Å². The van der Waals surface area contributed by atoms with Gasteiger partial charge in [0.2, 0.25) is 5.79 Å². The van der Waals surface area contributed by atoms with Gasteiger partial charge < -0.3 is 29.2 Å². The Kier molecular flexibility index (Phi) is 4.97. The first kappa shape index (κ1) is 17.2. The van der Waals surface area contributed by atoms with Gasteiger partial charge in [-0.05, 0) is 30.4 Å². The normalized spacial score (nSPS) is 36.5. The maximum atomic E-state index is 10.4. The molecule has 0 spiro atoms. The third-order valence-electron chi connectivity index (χ3n) is 5.68. The Bertz CT molecular complexity index is 558. The Balaban J connectivity index is 1.37. The molecule has 5 atom stereocenters. The number of hydrogen-bond donors (Lipinski definition) is 2. The Labute approximate surface area is 147 Å². The highest BCUT2D eigenvalue weighted by molar-refractivity contribution is 5.21. The van der Waals surface area contributed by atoms with Gasteiger partial charge in [-0.1, -0.05) is 18.2 Å². The minimum absolute atomic E-state index is 0.0306. The molecule has 1 aromatic rings. The topological polar surface area (TPSA) is 77.4 Å². The van der Waals surface area contributed by atoms with Gasteiger partial charge >= 0.3 is 0 Å². The van der Waals surface area contributed by atoms with Crippen LogP contribution in [-0.2, 0) is 14.2 Å². The molecule has 0 amide bonds. The molecule has 1 saturated carbocycles. The highest BCUT2D eigenvalue weighted by atomic mass is 16.8. The average Bonchev–Trinajstić information content (AvgIpc) is 3.28. The molecule has 6 nitrogen and oxygen atoms in total. The molecular formula is C19H26O6. The van der Waals surface area contributed by atoms with Crippen molar-refractivity contribution in [3.63, 3.8) is 0 Å². The second-order valence-electron chi connectivity index (χ2n) is 7.24. The summed E-state index contributed by atoms with van der Waals surface area (Å²) < 4.78 is 23.1. The second-order valence-corrected chi connectivity index (χ2v) is 7.24. The van der Waals surface area contributed by atoms with Crippen LogP contribution >= 0.6 is 0 Å². The van der Waals surface area contributed by atoms with E-state index in [-0.39, 0.29) is 17.9 Å². The lowest BCUT2D eigenvalue weighted by atomic mass is 9.86. The van der Waals surface area contributed by atoms with Crippen LogP contribution in [0.4, 0.5) is 0 Å².